The highest BCUT2D eigenvalue weighted by Gasteiger charge is 2.19. The summed E-state index contributed by atoms with van der Waals surface area (Å²) < 4.78 is 1.62. The monoisotopic (exact) mass is 194 g/mol. The maximum atomic E-state index is 11.6. The molecule has 6 heteroatoms. The fourth-order valence-corrected chi connectivity index (χ4v) is 1.37. The van der Waals surface area contributed by atoms with Gasteiger partial charge in [-0.25, -0.2) is 4.98 Å². The number of nitrogens with zero attached hydrogens (tertiary/aromatic N) is 3. The van der Waals surface area contributed by atoms with Crippen molar-refractivity contribution in [2.24, 2.45) is 4.99 Å². The third-order valence-electron chi connectivity index (χ3n) is 1.97. The maximum absolute atomic E-state index is 11.6. The van der Waals surface area contributed by atoms with Crippen LogP contribution in [-0.2, 0) is 6.54 Å². The summed E-state index contributed by atoms with van der Waals surface area (Å²) in [6.07, 6.45) is 2.99. The molecule has 0 fully saturated rings. The molecule has 0 amide bonds. The van der Waals surface area contributed by atoms with Gasteiger partial charge in [0.2, 0.25) is 5.78 Å². The van der Waals surface area contributed by atoms with E-state index in [1.165, 1.54) is 12.7 Å². The number of fused-ring (bicyclic) bond motifs is 1. The second kappa shape index (κ2) is 3.59. The lowest BCUT2D eigenvalue weighted by molar-refractivity contribution is 0.0993. The topological polar surface area (TPSA) is 79.5 Å². The minimum absolute atomic E-state index is 0.0169. The van der Waals surface area contributed by atoms with Crippen molar-refractivity contribution < 1.29 is 9.90 Å². The number of nitrogens with one attached hydrogen (secondary N) is 1. The number of imidazole rings is 1. The number of anilines is 1. The standard InChI is InChI=1S/C8H10N4O2/c13-2-1-12-5-11-8-7(12)6(14)3-9-4-10-8/h4-5,13H,1-3H2,(H,9,10). The number of aliphatic hydroxyl groups is 1. The van der Waals surface area contributed by atoms with Gasteiger partial charge >= 0.3 is 0 Å². The average Bonchev–Trinajstić information content (AvgIpc) is 2.47. The van der Waals surface area contributed by atoms with Crippen molar-refractivity contribution >= 4 is 17.9 Å². The van der Waals surface area contributed by atoms with Crippen LogP contribution in [0.15, 0.2) is 11.3 Å². The van der Waals surface area contributed by atoms with E-state index in [4.69, 9.17) is 5.11 Å². The second-order valence-electron chi connectivity index (χ2n) is 2.90. The summed E-state index contributed by atoms with van der Waals surface area (Å²) in [5, 5.41) is 11.6. The zero-order chi connectivity index (χ0) is 9.97. The van der Waals surface area contributed by atoms with E-state index >= 15 is 0 Å². The molecule has 2 rings (SSSR count). The lowest BCUT2D eigenvalue weighted by Gasteiger charge is -2.03. The first-order chi connectivity index (χ1) is 6.83. The smallest absolute Gasteiger partial charge is 0.204 e. The van der Waals surface area contributed by atoms with Gasteiger partial charge in [-0.2, -0.15) is 0 Å². The molecule has 0 saturated carbocycles. The first-order valence-electron chi connectivity index (χ1n) is 4.27. The van der Waals surface area contributed by atoms with Crippen molar-refractivity contribution in [3.63, 3.8) is 0 Å². The van der Waals surface area contributed by atoms with Gasteiger partial charge in [0.05, 0.1) is 19.3 Å². The van der Waals surface area contributed by atoms with Crippen LogP contribution in [0.5, 0.6) is 0 Å². The van der Waals surface area contributed by atoms with E-state index in [2.05, 4.69) is 15.3 Å². The minimum Gasteiger partial charge on any atom is -0.395 e. The third kappa shape index (κ3) is 1.39. The molecule has 1 aromatic rings. The highest BCUT2D eigenvalue weighted by atomic mass is 16.3. The number of hydrogen-bond acceptors (Lipinski definition) is 5. The van der Waals surface area contributed by atoms with E-state index in [0.29, 0.717) is 18.1 Å². The number of aliphatic imine (C=N–C) groups is 1. The fourth-order valence-electron chi connectivity index (χ4n) is 1.37. The zero-order valence-corrected chi connectivity index (χ0v) is 7.47. The summed E-state index contributed by atoms with van der Waals surface area (Å²) in [6, 6.07) is 0. The molecule has 1 aliphatic heterocycles. The predicted octanol–water partition coefficient (Wildman–Crippen LogP) is -0.488. The van der Waals surface area contributed by atoms with Crippen LogP contribution in [0.2, 0.25) is 0 Å². The van der Waals surface area contributed by atoms with E-state index < -0.39 is 0 Å². The number of hydrogen-bond donors (Lipinski definition) is 2. The van der Waals surface area contributed by atoms with E-state index in [1.54, 1.807) is 4.57 Å². The highest BCUT2D eigenvalue weighted by molar-refractivity contribution is 6.04. The lowest BCUT2D eigenvalue weighted by Crippen LogP contribution is -2.12. The molecule has 2 heterocycles. The van der Waals surface area contributed by atoms with Crippen molar-refractivity contribution in [1.29, 1.82) is 0 Å². The van der Waals surface area contributed by atoms with Crippen molar-refractivity contribution in [2.75, 3.05) is 18.5 Å². The van der Waals surface area contributed by atoms with E-state index in [0.717, 1.165) is 0 Å². The van der Waals surface area contributed by atoms with Crippen LogP contribution >= 0.6 is 0 Å². The number of carbonyl (C=O) groups excluding carboxylic acids is 1. The van der Waals surface area contributed by atoms with E-state index in [9.17, 15) is 4.79 Å². The molecule has 0 aliphatic carbocycles. The summed E-state index contributed by atoms with van der Waals surface area (Å²) in [5.74, 6) is 0.414. The maximum Gasteiger partial charge on any atom is 0.204 e. The molecule has 0 unspecified atom stereocenters. The van der Waals surface area contributed by atoms with Gasteiger partial charge in [-0.15, -0.1) is 0 Å². The van der Waals surface area contributed by atoms with Crippen LogP contribution in [0.4, 0.5) is 5.82 Å². The number of aliphatic hydroxyl groups excluding tert-OH is 1. The highest BCUT2D eigenvalue weighted by Crippen LogP contribution is 2.15. The van der Waals surface area contributed by atoms with Gasteiger partial charge in [-0.3, -0.25) is 9.79 Å². The van der Waals surface area contributed by atoms with Crippen LogP contribution in [0.1, 0.15) is 10.5 Å². The Morgan fingerprint density at radius 2 is 2.50 bits per heavy atom. The summed E-state index contributed by atoms with van der Waals surface area (Å²) in [5.41, 5.74) is 0.483. The molecule has 1 aromatic heterocycles. The molecule has 0 radical (unpaired) electrons. The van der Waals surface area contributed by atoms with Crippen molar-refractivity contribution in [3.8, 4) is 0 Å². The van der Waals surface area contributed by atoms with Crippen molar-refractivity contribution in [1.82, 2.24) is 9.55 Å². The lowest BCUT2D eigenvalue weighted by atomic mass is 10.3. The molecular formula is C8H10N4O2. The first-order valence-corrected chi connectivity index (χ1v) is 4.27. The molecule has 0 aromatic carbocycles. The molecule has 2 N–H and O–H groups in total. The van der Waals surface area contributed by atoms with Crippen molar-refractivity contribution in [3.05, 3.63) is 12.0 Å². The van der Waals surface area contributed by atoms with Gasteiger partial charge < -0.3 is 15.0 Å². The first kappa shape index (κ1) is 8.89. The molecular weight excluding hydrogens is 184 g/mol. The number of ketones is 1. The third-order valence-corrected chi connectivity index (χ3v) is 1.97. The number of rotatable bonds is 2. The molecule has 0 spiro atoms. The Hall–Kier alpha value is -1.69. The zero-order valence-electron chi connectivity index (χ0n) is 7.47. The van der Waals surface area contributed by atoms with Crippen LogP contribution in [0.25, 0.3) is 0 Å². The number of aromatic nitrogens is 2. The Labute approximate surface area is 80.3 Å². The summed E-state index contributed by atoms with van der Waals surface area (Å²) in [7, 11) is 0. The summed E-state index contributed by atoms with van der Waals surface area (Å²) in [6.45, 7) is 0.476. The van der Waals surface area contributed by atoms with E-state index in [-0.39, 0.29) is 18.9 Å². The molecule has 6 nitrogen and oxygen atoms in total. The van der Waals surface area contributed by atoms with Gasteiger partial charge in [0, 0.05) is 6.54 Å². The molecule has 14 heavy (non-hydrogen) atoms. The van der Waals surface area contributed by atoms with Crippen LogP contribution in [0.3, 0.4) is 0 Å². The minimum atomic E-state index is -0.0906. The molecule has 74 valence electrons. The Balaban J connectivity index is 2.40. The van der Waals surface area contributed by atoms with Gasteiger partial charge in [-0.05, 0) is 0 Å². The Morgan fingerprint density at radius 1 is 1.64 bits per heavy atom. The van der Waals surface area contributed by atoms with Gasteiger partial charge in [0.1, 0.15) is 12.2 Å². The molecule has 0 saturated heterocycles. The normalized spacial score (nSPS) is 14.8. The largest absolute Gasteiger partial charge is 0.395 e. The Morgan fingerprint density at radius 3 is 3.29 bits per heavy atom. The Kier molecular flexibility index (Phi) is 2.28. The van der Waals surface area contributed by atoms with Crippen LogP contribution < -0.4 is 5.32 Å². The van der Waals surface area contributed by atoms with Crippen LogP contribution in [-0.4, -0.2) is 39.9 Å². The van der Waals surface area contributed by atoms with E-state index in [1.807, 2.05) is 0 Å². The average molecular weight is 194 g/mol. The Bertz CT molecular complexity index is 383. The number of Topliss-reactive ketones (excluding diaryl/α,β-unsaturated/α-hetero) is 1. The molecule has 0 atom stereocenters. The molecule has 1 aliphatic rings. The SMILES string of the molecule is O=C1CN=CNc2ncn(CCO)c21. The number of carbonyl (C=O) groups is 1. The summed E-state index contributed by atoms with van der Waals surface area (Å²) in [4.78, 5) is 19.4. The van der Waals surface area contributed by atoms with Gasteiger partial charge in [0.15, 0.2) is 5.82 Å². The van der Waals surface area contributed by atoms with Gasteiger partial charge in [0.25, 0.3) is 0 Å². The van der Waals surface area contributed by atoms with Crippen LogP contribution in [0, 0.1) is 0 Å². The second-order valence-corrected chi connectivity index (χ2v) is 2.90. The van der Waals surface area contributed by atoms with Crippen molar-refractivity contribution in [2.45, 2.75) is 6.54 Å². The summed E-state index contributed by atoms with van der Waals surface area (Å²) >= 11 is 0. The molecule has 0 bridgehead atoms. The van der Waals surface area contributed by atoms with Gasteiger partial charge in [-0.1, -0.05) is 0 Å². The quantitative estimate of drug-likeness (QED) is 0.666. The fraction of sp³-hybridized carbons (Fsp3) is 0.375. The predicted molar refractivity (Wildman–Crippen MR) is 50.6 cm³/mol.